The summed E-state index contributed by atoms with van der Waals surface area (Å²) >= 11 is 0. The summed E-state index contributed by atoms with van der Waals surface area (Å²) in [5, 5.41) is 16.0. The summed E-state index contributed by atoms with van der Waals surface area (Å²) in [6.45, 7) is 1.06. The van der Waals surface area contributed by atoms with E-state index in [1.807, 2.05) is 0 Å². The molecule has 0 aliphatic heterocycles. The average molecular weight is 262 g/mol. The van der Waals surface area contributed by atoms with Crippen LogP contribution in [0.4, 0.5) is 0 Å². The molecule has 1 aromatic heterocycles. The summed E-state index contributed by atoms with van der Waals surface area (Å²) in [6.07, 6.45) is 4.98. The Labute approximate surface area is 101 Å². The molecule has 1 aromatic rings. The van der Waals surface area contributed by atoms with Crippen molar-refractivity contribution >= 4 is 10.0 Å². The van der Waals surface area contributed by atoms with Crippen molar-refractivity contribution in [2.45, 2.75) is 25.8 Å². The summed E-state index contributed by atoms with van der Waals surface area (Å²) in [4.78, 5) is 0. The minimum atomic E-state index is -3.20. The van der Waals surface area contributed by atoms with Gasteiger partial charge in [0.05, 0.1) is 11.9 Å². The van der Waals surface area contributed by atoms with Gasteiger partial charge >= 0.3 is 0 Å². The minimum Gasteiger partial charge on any atom is -0.396 e. The van der Waals surface area contributed by atoms with Crippen molar-refractivity contribution in [2.75, 3.05) is 18.9 Å². The van der Waals surface area contributed by atoms with Gasteiger partial charge in [-0.3, -0.25) is 4.68 Å². The van der Waals surface area contributed by atoms with Crippen LogP contribution in [0.15, 0.2) is 12.4 Å². The van der Waals surface area contributed by atoms with Crippen LogP contribution in [-0.4, -0.2) is 47.4 Å². The second-order valence-corrected chi connectivity index (χ2v) is 5.59. The first-order valence-electron chi connectivity index (χ1n) is 5.56. The van der Waals surface area contributed by atoms with E-state index in [9.17, 15) is 8.42 Å². The topological polar surface area (TPSA) is 97.1 Å². The zero-order valence-corrected chi connectivity index (χ0v) is 10.4. The van der Waals surface area contributed by atoms with Crippen LogP contribution in [0.25, 0.3) is 0 Å². The number of aliphatic hydroxyl groups excluding tert-OH is 1. The number of rotatable bonds is 9. The maximum Gasteiger partial charge on any atom is 0.211 e. The number of nitrogens with one attached hydrogen (secondary N) is 1. The van der Waals surface area contributed by atoms with Crippen molar-refractivity contribution in [3.63, 3.8) is 0 Å². The summed E-state index contributed by atoms with van der Waals surface area (Å²) < 4.78 is 27.0. The molecule has 17 heavy (non-hydrogen) atoms. The molecule has 0 aromatic carbocycles. The van der Waals surface area contributed by atoms with E-state index in [4.69, 9.17) is 5.11 Å². The average Bonchev–Trinajstić information content (AvgIpc) is 2.77. The van der Waals surface area contributed by atoms with E-state index in [1.165, 1.54) is 0 Å². The molecule has 0 saturated heterocycles. The van der Waals surface area contributed by atoms with Gasteiger partial charge in [-0.05, 0) is 19.3 Å². The largest absolute Gasteiger partial charge is 0.396 e. The molecule has 0 aliphatic rings. The third-order valence-electron chi connectivity index (χ3n) is 2.18. The lowest BCUT2D eigenvalue weighted by Crippen LogP contribution is -2.28. The van der Waals surface area contributed by atoms with Gasteiger partial charge < -0.3 is 5.11 Å². The van der Waals surface area contributed by atoms with Crippen LogP contribution in [0.1, 0.15) is 19.3 Å². The number of aromatic nitrogens is 3. The molecule has 7 nitrogen and oxygen atoms in total. The van der Waals surface area contributed by atoms with Crippen molar-refractivity contribution in [1.29, 1.82) is 0 Å². The summed E-state index contributed by atoms with van der Waals surface area (Å²) in [5.41, 5.74) is 0. The molecule has 0 aliphatic carbocycles. The van der Waals surface area contributed by atoms with Gasteiger partial charge in [0.15, 0.2) is 0 Å². The molecule has 0 atom stereocenters. The van der Waals surface area contributed by atoms with Gasteiger partial charge in [0.25, 0.3) is 0 Å². The van der Waals surface area contributed by atoms with Gasteiger partial charge in [-0.1, -0.05) is 5.21 Å². The lowest BCUT2D eigenvalue weighted by Gasteiger charge is -2.06. The number of aliphatic hydroxyl groups is 1. The van der Waals surface area contributed by atoms with Gasteiger partial charge in [-0.25, -0.2) is 13.1 Å². The van der Waals surface area contributed by atoms with Crippen LogP contribution in [0, 0.1) is 0 Å². The monoisotopic (exact) mass is 262 g/mol. The summed E-state index contributed by atoms with van der Waals surface area (Å²) in [7, 11) is -3.20. The second-order valence-electron chi connectivity index (χ2n) is 3.66. The fourth-order valence-electron chi connectivity index (χ4n) is 1.30. The van der Waals surface area contributed by atoms with Gasteiger partial charge in [-0.15, -0.1) is 5.10 Å². The van der Waals surface area contributed by atoms with E-state index < -0.39 is 10.0 Å². The molecule has 0 radical (unpaired) electrons. The van der Waals surface area contributed by atoms with E-state index >= 15 is 0 Å². The van der Waals surface area contributed by atoms with Crippen molar-refractivity contribution < 1.29 is 13.5 Å². The standard InChI is InChI=1S/C9H18N4O3S/c14-8-1-2-9-17(15,16)11-4-3-6-13-7-5-10-12-13/h5,7,11,14H,1-4,6,8-9H2. The van der Waals surface area contributed by atoms with E-state index in [0.717, 1.165) is 0 Å². The highest BCUT2D eigenvalue weighted by atomic mass is 32.2. The Bertz CT molecular complexity index is 390. The Kier molecular flexibility index (Phi) is 6.09. The normalized spacial score (nSPS) is 11.8. The first kappa shape index (κ1) is 14.1. The molecule has 0 saturated carbocycles. The molecule has 0 spiro atoms. The van der Waals surface area contributed by atoms with Crippen molar-refractivity contribution in [3.8, 4) is 0 Å². The van der Waals surface area contributed by atoms with Crippen LogP contribution in [0.3, 0.4) is 0 Å². The fourth-order valence-corrected chi connectivity index (χ4v) is 2.48. The Morgan fingerprint density at radius 2 is 2.12 bits per heavy atom. The number of hydrogen-bond acceptors (Lipinski definition) is 5. The van der Waals surface area contributed by atoms with E-state index in [-0.39, 0.29) is 12.4 Å². The van der Waals surface area contributed by atoms with Crippen LogP contribution < -0.4 is 4.72 Å². The van der Waals surface area contributed by atoms with E-state index in [0.29, 0.717) is 32.4 Å². The predicted molar refractivity (Wildman–Crippen MR) is 62.7 cm³/mol. The minimum absolute atomic E-state index is 0.0296. The zero-order valence-electron chi connectivity index (χ0n) is 9.62. The van der Waals surface area contributed by atoms with Crippen molar-refractivity contribution in [2.24, 2.45) is 0 Å². The summed E-state index contributed by atoms with van der Waals surface area (Å²) in [6, 6.07) is 0. The number of hydrogen-bond donors (Lipinski definition) is 2. The fraction of sp³-hybridized carbons (Fsp3) is 0.778. The van der Waals surface area contributed by atoms with Gasteiger partial charge in [0, 0.05) is 25.9 Å². The quantitative estimate of drug-likeness (QED) is 0.577. The van der Waals surface area contributed by atoms with E-state index in [2.05, 4.69) is 15.0 Å². The van der Waals surface area contributed by atoms with Crippen LogP contribution in [0.5, 0.6) is 0 Å². The first-order valence-corrected chi connectivity index (χ1v) is 7.21. The molecule has 0 fully saturated rings. The van der Waals surface area contributed by atoms with Gasteiger partial charge in [0.1, 0.15) is 0 Å². The summed E-state index contributed by atoms with van der Waals surface area (Å²) in [5.74, 6) is 0.0664. The highest BCUT2D eigenvalue weighted by Gasteiger charge is 2.08. The van der Waals surface area contributed by atoms with Gasteiger partial charge in [0.2, 0.25) is 10.0 Å². The second kappa shape index (κ2) is 7.36. The smallest absolute Gasteiger partial charge is 0.211 e. The maximum atomic E-state index is 11.4. The zero-order chi connectivity index (χ0) is 12.6. The Balaban J connectivity index is 2.12. The predicted octanol–water partition coefficient (Wildman–Crippen LogP) is -0.640. The number of sulfonamides is 1. The van der Waals surface area contributed by atoms with Crippen LogP contribution >= 0.6 is 0 Å². The molecule has 0 amide bonds. The molecule has 1 heterocycles. The third-order valence-corrected chi connectivity index (χ3v) is 3.65. The Morgan fingerprint density at radius 1 is 1.29 bits per heavy atom. The molecule has 1 rings (SSSR count). The number of unbranched alkanes of at least 4 members (excludes halogenated alkanes) is 1. The van der Waals surface area contributed by atoms with E-state index in [1.54, 1.807) is 17.1 Å². The Hall–Kier alpha value is -0.990. The van der Waals surface area contributed by atoms with Crippen LogP contribution in [0.2, 0.25) is 0 Å². The molecular weight excluding hydrogens is 244 g/mol. The van der Waals surface area contributed by atoms with Crippen molar-refractivity contribution in [1.82, 2.24) is 19.7 Å². The maximum absolute atomic E-state index is 11.4. The highest BCUT2D eigenvalue weighted by molar-refractivity contribution is 7.89. The molecule has 0 bridgehead atoms. The molecule has 0 unspecified atom stereocenters. The van der Waals surface area contributed by atoms with Crippen molar-refractivity contribution in [3.05, 3.63) is 12.4 Å². The SMILES string of the molecule is O=S(=O)(CCCCO)NCCCn1ccnn1. The molecule has 98 valence electrons. The third kappa shape index (κ3) is 6.35. The molecule has 2 N–H and O–H groups in total. The Morgan fingerprint density at radius 3 is 2.76 bits per heavy atom. The molecule has 8 heteroatoms. The van der Waals surface area contributed by atoms with Gasteiger partial charge in [-0.2, -0.15) is 0 Å². The highest BCUT2D eigenvalue weighted by Crippen LogP contribution is 1.94. The van der Waals surface area contributed by atoms with Crippen LogP contribution in [-0.2, 0) is 16.6 Å². The number of nitrogens with zero attached hydrogens (tertiary/aromatic N) is 3. The molecular formula is C9H18N4O3S. The lowest BCUT2D eigenvalue weighted by molar-refractivity contribution is 0.287. The number of aryl methyl sites for hydroxylation is 1. The first-order chi connectivity index (χ1) is 8.14. The lowest BCUT2D eigenvalue weighted by atomic mass is 10.4.